The van der Waals surface area contributed by atoms with Crippen molar-refractivity contribution in [3.05, 3.63) is 39.2 Å². The Morgan fingerprint density at radius 3 is 2.81 bits per heavy atom. The molecule has 0 aliphatic carbocycles. The molecule has 0 radical (unpaired) electrons. The molecular formula is C11H11BrN2O2. The van der Waals surface area contributed by atoms with E-state index in [2.05, 4.69) is 20.9 Å². The van der Waals surface area contributed by atoms with Crippen LogP contribution in [-0.2, 0) is 6.54 Å². The van der Waals surface area contributed by atoms with E-state index >= 15 is 0 Å². The van der Waals surface area contributed by atoms with Crippen molar-refractivity contribution in [1.29, 1.82) is 0 Å². The predicted molar refractivity (Wildman–Crippen MR) is 65.4 cm³/mol. The van der Waals surface area contributed by atoms with Gasteiger partial charge >= 0.3 is 0 Å². The predicted octanol–water partition coefficient (Wildman–Crippen LogP) is 1.54. The third kappa shape index (κ3) is 2.15. The van der Waals surface area contributed by atoms with Gasteiger partial charge in [0.05, 0.1) is 12.6 Å². The van der Waals surface area contributed by atoms with E-state index in [0.29, 0.717) is 10.3 Å². The maximum atomic E-state index is 11.7. The lowest BCUT2D eigenvalue weighted by atomic mass is 10.3. The van der Waals surface area contributed by atoms with Gasteiger partial charge in [-0.2, -0.15) is 0 Å². The first kappa shape index (κ1) is 11.3. The van der Waals surface area contributed by atoms with Crippen molar-refractivity contribution in [1.82, 2.24) is 9.55 Å². The van der Waals surface area contributed by atoms with E-state index in [1.807, 2.05) is 12.1 Å². The van der Waals surface area contributed by atoms with Gasteiger partial charge in [-0.25, -0.2) is 4.98 Å². The second-order valence-electron chi connectivity index (χ2n) is 3.68. The Morgan fingerprint density at radius 1 is 1.44 bits per heavy atom. The number of hydrogen-bond acceptors (Lipinski definition) is 3. The number of rotatable bonds is 2. The van der Waals surface area contributed by atoms with Crippen molar-refractivity contribution < 1.29 is 5.11 Å². The van der Waals surface area contributed by atoms with Crippen LogP contribution >= 0.6 is 15.9 Å². The highest BCUT2D eigenvalue weighted by Gasteiger charge is 2.07. The number of aromatic nitrogens is 2. The van der Waals surface area contributed by atoms with Gasteiger partial charge in [0.15, 0.2) is 0 Å². The highest BCUT2D eigenvalue weighted by atomic mass is 79.9. The van der Waals surface area contributed by atoms with E-state index in [-0.39, 0.29) is 12.1 Å². The molecule has 2 aromatic heterocycles. The zero-order chi connectivity index (χ0) is 11.7. The molecular weight excluding hydrogens is 272 g/mol. The SMILES string of the molecule is C[C@H](O)Cn1c(=O)ccc2ccc(Br)nc21. The first-order chi connectivity index (χ1) is 7.58. The lowest BCUT2D eigenvalue weighted by molar-refractivity contribution is 0.173. The van der Waals surface area contributed by atoms with E-state index in [1.165, 1.54) is 10.6 Å². The number of pyridine rings is 2. The minimum Gasteiger partial charge on any atom is -0.392 e. The third-order valence-electron chi connectivity index (χ3n) is 2.25. The molecule has 0 bridgehead atoms. The molecule has 5 heteroatoms. The first-order valence-electron chi connectivity index (χ1n) is 4.92. The van der Waals surface area contributed by atoms with Crippen LogP contribution in [0.2, 0.25) is 0 Å². The zero-order valence-electron chi connectivity index (χ0n) is 8.72. The minimum absolute atomic E-state index is 0.154. The van der Waals surface area contributed by atoms with Crippen molar-refractivity contribution in [3.63, 3.8) is 0 Å². The number of aliphatic hydroxyl groups is 1. The molecule has 16 heavy (non-hydrogen) atoms. The second kappa shape index (κ2) is 4.35. The Labute approximate surface area is 101 Å². The van der Waals surface area contributed by atoms with Crippen molar-refractivity contribution in [2.24, 2.45) is 0 Å². The molecule has 2 rings (SSSR count). The van der Waals surface area contributed by atoms with Crippen molar-refractivity contribution in [2.45, 2.75) is 19.6 Å². The van der Waals surface area contributed by atoms with Gasteiger partial charge in [0.1, 0.15) is 10.3 Å². The Bertz CT molecular complexity index is 578. The Kier molecular flexibility index (Phi) is 3.07. The summed E-state index contributed by atoms with van der Waals surface area (Å²) in [6, 6.07) is 6.92. The zero-order valence-corrected chi connectivity index (χ0v) is 10.3. The van der Waals surface area contributed by atoms with Crippen LogP contribution in [0.3, 0.4) is 0 Å². The quantitative estimate of drug-likeness (QED) is 0.851. The van der Waals surface area contributed by atoms with Crippen molar-refractivity contribution >= 4 is 27.0 Å². The molecule has 84 valence electrons. The standard InChI is InChI=1S/C11H11BrN2O2/c1-7(15)6-14-10(16)5-3-8-2-4-9(12)13-11(8)14/h2-5,7,15H,6H2,1H3/t7-/m0/s1. The van der Waals surface area contributed by atoms with Crippen LogP contribution in [0, 0.1) is 0 Å². The average molecular weight is 283 g/mol. The summed E-state index contributed by atoms with van der Waals surface area (Å²) in [5.41, 5.74) is 0.432. The third-order valence-corrected chi connectivity index (χ3v) is 2.69. The molecule has 0 spiro atoms. The summed E-state index contributed by atoms with van der Waals surface area (Å²) in [5, 5.41) is 10.2. The van der Waals surface area contributed by atoms with E-state index in [1.54, 1.807) is 13.0 Å². The molecule has 1 atom stereocenters. The van der Waals surface area contributed by atoms with Crippen LogP contribution in [0.5, 0.6) is 0 Å². The molecule has 2 heterocycles. The summed E-state index contributed by atoms with van der Waals surface area (Å²) in [4.78, 5) is 15.9. The highest BCUT2D eigenvalue weighted by molar-refractivity contribution is 9.10. The molecule has 0 unspecified atom stereocenters. The largest absolute Gasteiger partial charge is 0.392 e. The van der Waals surface area contributed by atoms with Crippen molar-refractivity contribution in [2.75, 3.05) is 0 Å². The van der Waals surface area contributed by atoms with Gasteiger partial charge < -0.3 is 5.11 Å². The fourth-order valence-corrected chi connectivity index (χ4v) is 1.88. The summed E-state index contributed by atoms with van der Waals surface area (Å²) in [6.07, 6.45) is -0.580. The van der Waals surface area contributed by atoms with Gasteiger partial charge in [0, 0.05) is 11.5 Å². The smallest absolute Gasteiger partial charge is 0.252 e. The van der Waals surface area contributed by atoms with Crippen LogP contribution in [0.4, 0.5) is 0 Å². The number of halogens is 1. The summed E-state index contributed by atoms with van der Waals surface area (Å²) in [6.45, 7) is 1.89. The summed E-state index contributed by atoms with van der Waals surface area (Å²) in [5.74, 6) is 0. The number of hydrogen-bond donors (Lipinski definition) is 1. The molecule has 0 saturated heterocycles. The fraction of sp³-hybridized carbons (Fsp3) is 0.273. The van der Waals surface area contributed by atoms with Crippen LogP contribution < -0.4 is 5.56 Å². The van der Waals surface area contributed by atoms with Gasteiger partial charge in [-0.3, -0.25) is 9.36 Å². The molecule has 0 amide bonds. The lowest BCUT2D eigenvalue weighted by Gasteiger charge is -2.10. The molecule has 0 saturated carbocycles. The van der Waals surface area contributed by atoms with Crippen LogP contribution in [-0.4, -0.2) is 20.8 Å². The average Bonchev–Trinajstić information content (AvgIpc) is 2.22. The van der Waals surface area contributed by atoms with Gasteiger partial charge in [0.25, 0.3) is 5.56 Å². The monoisotopic (exact) mass is 282 g/mol. The van der Waals surface area contributed by atoms with E-state index in [9.17, 15) is 9.90 Å². The van der Waals surface area contributed by atoms with Crippen LogP contribution in [0.1, 0.15) is 6.92 Å². The summed E-state index contributed by atoms with van der Waals surface area (Å²) in [7, 11) is 0. The topological polar surface area (TPSA) is 55.1 Å². The molecule has 0 fully saturated rings. The molecule has 0 aromatic carbocycles. The van der Waals surface area contributed by atoms with Gasteiger partial charge in [-0.15, -0.1) is 0 Å². The van der Waals surface area contributed by atoms with E-state index < -0.39 is 6.10 Å². The number of nitrogens with zero attached hydrogens (tertiary/aromatic N) is 2. The van der Waals surface area contributed by atoms with E-state index in [0.717, 1.165) is 5.39 Å². The van der Waals surface area contributed by atoms with Gasteiger partial charge in [-0.1, -0.05) is 0 Å². The molecule has 0 aliphatic heterocycles. The van der Waals surface area contributed by atoms with Crippen molar-refractivity contribution in [3.8, 4) is 0 Å². The highest BCUT2D eigenvalue weighted by Crippen LogP contribution is 2.14. The first-order valence-corrected chi connectivity index (χ1v) is 5.71. The molecule has 1 N–H and O–H groups in total. The maximum absolute atomic E-state index is 11.7. The Hall–Kier alpha value is -1.20. The summed E-state index contributed by atoms with van der Waals surface area (Å²) >= 11 is 3.27. The van der Waals surface area contributed by atoms with Gasteiger partial charge in [0.2, 0.25) is 0 Å². The molecule has 4 nitrogen and oxygen atoms in total. The summed E-state index contributed by atoms with van der Waals surface area (Å²) < 4.78 is 2.15. The van der Waals surface area contributed by atoms with Crippen LogP contribution in [0.15, 0.2) is 33.7 Å². The van der Waals surface area contributed by atoms with Crippen LogP contribution in [0.25, 0.3) is 11.0 Å². The van der Waals surface area contributed by atoms with Gasteiger partial charge in [-0.05, 0) is 41.1 Å². The Balaban J connectivity index is 2.72. The number of aliphatic hydroxyl groups excluding tert-OH is 1. The fourth-order valence-electron chi connectivity index (χ4n) is 1.58. The maximum Gasteiger partial charge on any atom is 0.252 e. The Morgan fingerprint density at radius 2 is 2.12 bits per heavy atom. The molecule has 2 aromatic rings. The molecule has 0 aliphatic rings. The normalized spacial score (nSPS) is 12.9. The number of fused-ring (bicyclic) bond motifs is 1. The second-order valence-corrected chi connectivity index (χ2v) is 4.49. The van der Waals surface area contributed by atoms with E-state index in [4.69, 9.17) is 0 Å². The minimum atomic E-state index is -0.580. The lowest BCUT2D eigenvalue weighted by Crippen LogP contribution is -2.25.